The third kappa shape index (κ3) is 2.80. The fourth-order valence-electron chi connectivity index (χ4n) is 2.64. The van der Waals surface area contributed by atoms with Crippen molar-refractivity contribution >= 4 is 5.82 Å². The Bertz CT molecular complexity index is 408. The van der Waals surface area contributed by atoms with E-state index in [-0.39, 0.29) is 5.82 Å². The number of nitrogens with one attached hydrogen (secondary N) is 1. The molecule has 1 aliphatic rings. The number of halogens is 1. The Kier molecular flexibility index (Phi) is 4.17. The van der Waals surface area contributed by atoms with Crippen LogP contribution in [0, 0.1) is 11.7 Å². The summed E-state index contributed by atoms with van der Waals surface area (Å²) in [6.07, 6.45) is 3.76. The van der Waals surface area contributed by atoms with Gasteiger partial charge in [0.2, 0.25) is 0 Å². The maximum Gasteiger partial charge on any atom is 0.141 e. The summed E-state index contributed by atoms with van der Waals surface area (Å²) in [5, 5.41) is 3.08. The number of nitrogens with zero attached hydrogens (tertiary/aromatic N) is 2. The van der Waals surface area contributed by atoms with E-state index in [0.29, 0.717) is 18.5 Å². The minimum atomic E-state index is -0.262. The Labute approximate surface area is 108 Å². The van der Waals surface area contributed by atoms with Crippen LogP contribution in [-0.4, -0.2) is 24.6 Å². The molecule has 4 heteroatoms. The van der Waals surface area contributed by atoms with Crippen molar-refractivity contribution in [1.29, 1.82) is 0 Å². The summed E-state index contributed by atoms with van der Waals surface area (Å²) >= 11 is 0. The molecule has 1 N–H and O–H groups in total. The van der Waals surface area contributed by atoms with Gasteiger partial charge in [-0.25, -0.2) is 9.37 Å². The monoisotopic (exact) mass is 251 g/mol. The Morgan fingerprint density at radius 1 is 1.44 bits per heavy atom. The number of pyridine rings is 1. The average molecular weight is 251 g/mol. The third-order valence-corrected chi connectivity index (χ3v) is 3.67. The molecule has 1 fully saturated rings. The van der Waals surface area contributed by atoms with Gasteiger partial charge in [0, 0.05) is 24.7 Å². The summed E-state index contributed by atoms with van der Waals surface area (Å²) < 4.78 is 13.3. The van der Waals surface area contributed by atoms with Gasteiger partial charge in [-0.15, -0.1) is 0 Å². The van der Waals surface area contributed by atoms with Gasteiger partial charge in [-0.2, -0.15) is 0 Å². The normalized spacial score (nSPS) is 24.3. The lowest BCUT2D eigenvalue weighted by Gasteiger charge is -2.38. The molecular weight excluding hydrogens is 229 g/mol. The van der Waals surface area contributed by atoms with Gasteiger partial charge in [-0.3, -0.25) is 0 Å². The van der Waals surface area contributed by atoms with Gasteiger partial charge in [-0.05, 0) is 38.8 Å². The van der Waals surface area contributed by atoms with Crippen molar-refractivity contribution < 1.29 is 4.39 Å². The molecule has 100 valence electrons. The van der Waals surface area contributed by atoms with Crippen LogP contribution in [0.3, 0.4) is 0 Å². The molecule has 0 spiro atoms. The maximum absolute atomic E-state index is 13.3. The van der Waals surface area contributed by atoms with Crippen molar-refractivity contribution in [3.8, 4) is 0 Å². The lowest BCUT2D eigenvalue weighted by atomic mass is 9.94. The summed E-state index contributed by atoms with van der Waals surface area (Å²) in [5.41, 5.74) is 0.943. The maximum atomic E-state index is 13.3. The summed E-state index contributed by atoms with van der Waals surface area (Å²) in [6.45, 7) is 6.15. The van der Waals surface area contributed by atoms with E-state index in [9.17, 15) is 4.39 Å². The van der Waals surface area contributed by atoms with E-state index in [1.165, 1.54) is 19.0 Å². The van der Waals surface area contributed by atoms with Crippen LogP contribution < -0.4 is 10.2 Å². The topological polar surface area (TPSA) is 28.2 Å². The molecule has 0 saturated carbocycles. The Balaban J connectivity index is 2.30. The Hall–Kier alpha value is -1.16. The van der Waals surface area contributed by atoms with Gasteiger partial charge in [0.25, 0.3) is 0 Å². The van der Waals surface area contributed by atoms with Gasteiger partial charge in [0.1, 0.15) is 11.6 Å². The second kappa shape index (κ2) is 5.65. The van der Waals surface area contributed by atoms with E-state index in [2.05, 4.69) is 29.0 Å². The van der Waals surface area contributed by atoms with E-state index in [4.69, 9.17) is 0 Å². The number of anilines is 1. The van der Waals surface area contributed by atoms with Crippen molar-refractivity contribution in [2.45, 2.75) is 39.3 Å². The Morgan fingerprint density at radius 2 is 2.22 bits per heavy atom. The van der Waals surface area contributed by atoms with Crippen LogP contribution in [0.25, 0.3) is 0 Å². The predicted octanol–water partition coefficient (Wildman–Crippen LogP) is 2.56. The zero-order chi connectivity index (χ0) is 13.1. The summed E-state index contributed by atoms with van der Waals surface area (Å²) in [4.78, 5) is 6.64. The second-order valence-electron chi connectivity index (χ2n) is 5.35. The highest BCUT2D eigenvalue weighted by Gasteiger charge is 2.25. The molecule has 2 heterocycles. The van der Waals surface area contributed by atoms with E-state index >= 15 is 0 Å². The molecule has 18 heavy (non-hydrogen) atoms. The van der Waals surface area contributed by atoms with Crippen LogP contribution in [-0.2, 0) is 6.54 Å². The van der Waals surface area contributed by atoms with Crippen molar-refractivity contribution in [1.82, 2.24) is 10.3 Å². The largest absolute Gasteiger partial charge is 0.353 e. The lowest BCUT2D eigenvalue weighted by molar-refractivity contribution is 0.387. The van der Waals surface area contributed by atoms with Crippen molar-refractivity contribution in [2.24, 2.45) is 5.92 Å². The fourth-order valence-corrected chi connectivity index (χ4v) is 2.64. The van der Waals surface area contributed by atoms with Crippen molar-refractivity contribution in [3.63, 3.8) is 0 Å². The third-order valence-electron chi connectivity index (χ3n) is 3.67. The predicted molar refractivity (Wildman–Crippen MR) is 72.2 cm³/mol. The first-order valence-electron chi connectivity index (χ1n) is 6.67. The first-order chi connectivity index (χ1) is 8.61. The highest BCUT2D eigenvalue weighted by molar-refractivity contribution is 5.48. The van der Waals surface area contributed by atoms with E-state index in [1.54, 1.807) is 6.07 Å². The van der Waals surface area contributed by atoms with Crippen molar-refractivity contribution in [2.75, 3.05) is 18.5 Å². The van der Waals surface area contributed by atoms with E-state index in [1.807, 2.05) is 7.05 Å². The van der Waals surface area contributed by atoms with Crippen LogP contribution in [0.5, 0.6) is 0 Å². The average Bonchev–Trinajstić information content (AvgIpc) is 2.33. The zero-order valence-corrected chi connectivity index (χ0v) is 11.4. The minimum absolute atomic E-state index is 0.262. The number of rotatable bonds is 3. The molecule has 0 radical (unpaired) electrons. The summed E-state index contributed by atoms with van der Waals surface area (Å²) in [5.74, 6) is 1.35. The van der Waals surface area contributed by atoms with Gasteiger partial charge >= 0.3 is 0 Å². The summed E-state index contributed by atoms with van der Waals surface area (Å²) in [6, 6.07) is 2.07. The Morgan fingerprint density at radius 3 is 2.94 bits per heavy atom. The van der Waals surface area contributed by atoms with E-state index in [0.717, 1.165) is 17.9 Å². The summed E-state index contributed by atoms with van der Waals surface area (Å²) in [7, 11) is 1.87. The van der Waals surface area contributed by atoms with Gasteiger partial charge in [0.05, 0.1) is 6.20 Å². The first-order valence-corrected chi connectivity index (χ1v) is 6.67. The SMILES string of the molecule is CNCc1cc(F)cnc1N1CC(C)CCC1C. The molecule has 0 aromatic carbocycles. The van der Waals surface area contributed by atoms with Gasteiger partial charge < -0.3 is 10.2 Å². The molecule has 1 aromatic rings. The number of aromatic nitrogens is 1. The molecule has 2 unspecified atom stereocenters. The van der Waals surface area contributed by atoms with Crippen LogP contribution in [0.4, 0.5) is 10.2 Å². The molecule has 1 saturated heterocycles. The standard InChI is InChI=1S/C14H22FN3/c1-10-4-5-11(2)18(9-10)14-12(7-16-3)6-13(15)8-17-14/h6,8,10-11,16H,4-5,7,9H2,1-3H3. The number of hydrogen-bond donors (Lipinski definition) is 1. The number of piperidine rings is 1. The molecule has 0 amide bonds. The van der Waals surface area contributed by atoms with Gasteiger partial charge in [0.15, 0.2) is 0 Å². The molecule has 3 nitrogen and oxygen atoms in total. The second-order valence-corrected chi connectivity index (χ2v) is 5.35. The molecule has 1 aromatic heterocycles. The molecule has 0 bridgehead atoms. The molecular formula is C14H22FN3. The van der Waals surface area contributed by atoms with E-state index < -0.39 is 0 Å². The van der Waals surface area contributed by atoms with Crippen LogP contribution >= 0.6 is 0 Å². The highest BCUT2D eigenvalue weighted by atomic mass is 19.1. The molecule has 2 atom stereocenters. The molecule has 2 rings (SSSR count). The fraction of sp³-hybridized carbons (Fsp3) is 0.643. The van der Waals surface area contributed by atoms with Crippen LogP contribution in [0.2, 0.25) is 0 Å². The van der Waals surface area contributed by atoms with Crippen molar-refractivity contribution in [3.05, 3.63) is 23.6 Å². The zero-order valence-electron chi connectivity index (χ0n) is 11.4. The quantitative estimate of drug-likeness (QED) is 0.895. The minimum Gasteiger partial charge on any atom is -0.353 e. The smallest absolute Gasteiger partial charge is 0.141 e. The van der Waals surface area contributed by atoms with Gasteiger partial charge in [-0.1, -0.05) is 6.92 Å². The van der Waals surface area contributed by atoms with Crippen LogP contribution in [0.15, 0.2) is 12.3 Å². The highest BCUT2D eigenvalue weighted by Crippen LogP contribution is 2.28. The molecule has 1 aliphatic heterocycles. The lowest BCUT2D eigenvalue weighted by Crippen LogP contribution is -2.42. The van der Waals surface area contributed by atoms with Crippen LogP contribution in [0.1, 0.15) is 32.3 Å². The first kappa shape index (κ1) is 13.3. The number of hydrogen-bond acceptors (Lipinski definition) is 3. The molecule has 0 aliphatic carbocycles.